The Morgan fingerprint density at radius 2 is 2.06 bits per heavy atom. The molecule has 1 N–H and O–H groups in total. The number of alkyl halides is 3. The highest BCUT2D eigenvalue weighted by molar-refractivity contribution is 5.76. The molecule has 0 spiro atoms. The first-order valence-electron chi connectivity index (χ1n) is 4.99. The van der Waals surface area contributed by atoms with Gasteiger partial charge in [-0.15, -0.1) is 0 Å². The van der Waals surface area contributed by atoms with Crippen molar-refractivity contribution < 1.29 is 18.1 Å². The van der Waals surface area contributed by atoms with Gasteiger partial charge in [0.15, 0.2) is 0 Å². The summed E-state index contributed by atoms with van der Waals surface area (Å²) in [7, 11) is 2.63. The minimum Gasteiger partial charge on any atom is -0.382 e. The highest BCUT2D eigenvalue weighted by Crippen LogP contribution is 2.35. The fourth-order valence-electron chi connectivity index (χ4n) is 1.59. The number of para-hydroxylation sites is 1. The van der Waals surface area contributed by atoms with Crippen molar-refractivity contribution in [1.82, 2.24) is 0 Å². The highest BCUT2D eigenvalue weighted by Gasteiger charge is 2.32. The van der Waals surface area contributed by atoms with Crippen molar-refractivity contribution in [2.24, 2.45) is 0 Å². The molecule has 18 heavy (non-hydrogen) atoms. The van der Waals surface area contributed by atoms with Gasteiger partial charge in [0.2, 0.25) is 0 Å². The van der Waals surface area contributed by atoms with Crippen LogP contribution < -0.4 is 10.2 Å². The summed E-state index contributed by atoms with van der Waals surface area (Å²) >= 11 is 0. The molecule has 0 aliphatic heterocycles. The lowest BCUT2D eigenvalue weighted by Crippen LogP contribution is -2.31. The van der Waals surface area contributed by atoms with E-state index >= 15 is 0 Å². The van der Waals surface area contributed by atoms with Crippen molar-refractivity contribution in [2.75, 3.05) is 30.9 Å². The zero-order valence-electron chi connectivity index (χ0n) is 9.78. The van der Waals surface area contributed by atoms with Crippen LogP contribution in [0, 0.1) is 10.1 Å². The van der Waals surface area contributed by atoms with Crippen LogP contribution >= 0.6 is 0 Å². The van der Waals surface area contributed by atoms with Crippen molar-refractivity contribution in [3.63, 3.8) is 0 Å². The first-order valence-corrected chi connectivity index (χ1v) is 4.99. The summed E-state index contributed by atoms with van der Waals surface area (Å²) in [5.41, 5.74) is -0.276. The largest absolute Gasteiger partial charge is 0.405 e. The first kappa shape index (κ1) is 14.1. The standard InChI is InChI=1S/C10H12F3N3O2/c1-14-7-4-3-5-8(9(7)16(17)18)15(2)6-10(11,12)13/h3-5,14H,6H2,1-2H3. The zero-order chi connectivity index (χ0) is 13.9. The van der Waals surface area contributed by atoms with E-state index in [1.165, 1.54) is 25.2 Å². The molecule has 0 aliphatic carbocycles. The minimum absolute atomic E-state index is 0.0795. The van der Waals surface area contributed by atoms with Gasteiger partial charge in [0.05, 0.1) is 4.92 Å². The molecule has 0 unspecified atom stereocenters. The van der Waals surface area contributed by atoms with Crippen molar-refractivity contribution in [2.45, 2.75) is 6.18 Å². The number of anilines is 2. The van der Waals surface area contributed by atoms with Gasteiger partial charge in [-0.25, -0.2) is 0 Å². The lowest BCUT2D eigenvalue weighted by atomic mass is 10.2. The molecule has 8 heteroatoms. The van der Waals surface area contributed by atoms with Gasteiger partial charge in [-0.2, -0.15) is 13.2 Å². The van der Waals surface area contributed by atoms with Gasteiger partial charge >= 0.3 is 11.9 Å². The van der Waals surface area contributed by atoms with Crippen molar-refractivity contribution in [3.05, 3.63) is 28.3 Å². The van der Waals surface area contributed by atoms with E-state index < -0.39 is 17.6 Å². The third-order valence-electron chi connectivity index (χ3n) is 2.29. The van der Waals surface area contributed by atoms with Crippen LogP contribution in [-0.4, -0.2) is 31.7 Å². The molecule has 100 valence electrons. The minimum atomic E-state index is -4.42. The molecule has 0 amide bonds. The van der Waals surface area contributed by atoms with Crippen molar-refractivity contribution in [3.8, 4) is 0 Å². The number of nitrogens with one attached hydrogen (secondary N) is 1. The van der Waals surface area contributed by atoms with E-state index in [1.54, 1.807) is 0 Å². The summed E-state index contributed by atoms with van der Waals surface area (Å²) in [6.45, 7) is -1.25. The summed E-state index contributed by atoms with van der Waals surface area (Å²) in [6, 6.07) is 4.18. The molecule has 0 heterocycles. The lowest BCUT2D eigenvalue weighted by molar-refractivity contribution is -0.383. The summed E-state index contributed by atoms with van der Waals surface area (Å²) in [4.78, 5) is 11.0. The fraction of sp³-hybridized carbons (Fsp3) is 0.400. The number of halogens is 3. The normalized spacial score (nSPS) is 11.2. The number of rotatable bonds is 4. The van der Waals surface area contributed by atoms with Gasteiger partial charge in [-0.1, -0.05) is 6.07 Å². The molecular weight excluding hydrogens is 251 g/mol. The summed E-state index contributed by atoms with van der Waals surface area (Å²) < 4.78 is 36.8. The molecule has 5 nitrogen and oxygen atoms in total. The van der Waals surface area contributed by atoms with Gasteiger partial charge in [-0.05, 0) is 12.1 Å². The third kappa shape index (κ3) is 3.25. The third-order valence-corrected chi connectivity index (χ3v) is 2.29. The fourth-order valence-corrected chi connectivity index (χ4v) is 1.59. The van der Waals surface area contributed by atoms with Crippen LogP contribution in [0.3, 0.4) is 0 Å². The molecule has 1 rings (SSSR count). The molecule has 0 fully saturated rings. The van der Waals surface area contributed by atoms with Crippen LogP contribution in [0.25, 0.3) is 0 Å². The van der Waals surface area contributed by atoms with Crippen LogP contribution in [0.4, 0.5) is 30.2 Å². The lowest BCUT2D eigenvalue weighted by Gasteiger charge is -2.21. The molecule has 0 aliphatic rings. The Bertz CT molecular complexity index is 448. The van der Waals surface area contributed by atoms with Crippen molar-refractivity contribution in [1.29, 1.82) is 0 Å². The smallest absolute Gasteiger partial charge is 0.382 e. The Labute approximate surface area is 101 Å². The van der Waals surface area contributed by atoms with Gasteiger partial charge in [0.1, 0.15) is 17.9 Å². The average Bonchev–Trinajstić information content (AvgIpc) is 2.25. The van der Waals surface area contributed by atoms with E-state index in [0.717, 1.165) is 11.9 Å². The van der Waals surface area contributed by atoms with Crippen LogP contribution in [0.15, 0.2) is 18.2 Å². The number of nitro benzene ring substituents is 1. The predicted octanol–water partition coefficient (Wildman–Crippen LogP) is 2.64. The van der Waals surface area contributed by atoms with Gasteiger partial charge in [0.25, 0.3) is 0 Å². The number of benzene rings is 1. The zero-order valence-corrected chi connectivity index (χ0v) is 9.78. The molecule has 0 radical (unpaired) electrons. The monoisotopic (exact) mass is 263 g/mol. The van der Waals surface area contributed by atoms with Crippen molar-refractivity contribution >= 4 is 17.1 Å². The van der Waals surface area contributed by atoms with Crippen LogP contribution in [0.2, 0.25) is 0 Å². The number of hydrogen-bond donors (Lipinski definition) is 1. The number of nitro groups is 1. The Kier molecular flexibility index (Phi) is 4.00. The second kappa shape index (κ2) is 5.11. The van der Waals surface area contributed by atoms with Gasteiger partial charge in [-0.3, -0.25) is 10.1 Å². The quantitative estimate of drug-likeness (QED) is 0.670. The summed E-state index contributed by atoms with van der Waals surface area (Å²) in [6.07, 6.45) is -4.42. The molecular formula is C10H12F3N3O2. The van der Waals surface area contributed by atoms with Crippen LogP contribution in [0.1, 0.15) is 0 Å². The maximum Gasteiger partial charge on any atom is 0.405 e. The molecule has 0 saturated carbocycles. The molecule has 0 bridgehead atoms. The first-order chi connectivity index (χ1) is 8.26. The van der Waals surface area contributed by atoms with E-state index in [9.17, 15) is 23.3 Å². The second-order valence-corrected chi connectivity index (χ2v) is 3.65. The molecule has 1 aromatic carbocycles. The number of hydrogen-bond acceptors (Lipinski definition) is 4. The van der Waals surface area contributed by atoms with Crippen LogP contribution in [0.5, 0.6) is 0 Å². The number of nitrogens with zero attached hydrogens (tertiary/aromatic N) is 2. The second-order valence-electron chi connectivity index (χ2n) is 3.65. The molecule has 1 aromatic rings. The van der Waals surface area contributed by atoms with E-state index in [1.807, 2.05) is 0 Å². The molecule has 0 atom stereocenters. The maximum atomic E-state index is 12.3. The molecule has 0 aromatic heterocycles. The SMILES string of the molecule is CNc1cccc(N(C)CC(F)(F)F)c1[N+](=O)[O-]. The topological polar surface area (TPSA) is 58.4 Å². The van der Waals surface area contributed by atoms with E-state index in [-0.39, 0.29) is 17.1 Å². The average molecular weight is 263 g/mol. The molecule has 0 saturated heterocycles. The van der Waals surface area contributed by atoms with Crippen LogP contribution in [-0.2, 0) is 0 Å². The summed E-state index contributed by atoms with van der Waals surface area (Å²) in [5.74, 6) is 0. The van der Waals surface area contributed by atoms with E-state index in [4.69, 9.17) is 0 Å². The Morgan fingerprint density at radius 3 is 2.50 bits per heavy atom. The predicted molar refractivity (Wildman–Crippen MR) is 62.0 cm³/mol. The maximum absolute atomic E-state index is 12.3. The highest BCUT2D eigenvalue weighted by atomic mass is 19.4. The van der Waals surface area contributed by atoms with E-state index in [2.05, 4.69) is 5.32 Å². The summed E-state index contributed by atoms with van der Waals surface area (Å²) in [5, 5.41) is 13.5. The Balaban J connectivity index is 3.19. The Morgan fingerprint density at radius 1 is 1.44 bits per heavy atom. The van der Waals surface area contributed by atoms with Gasteiger partial charge in [0, 0.05) is 14.1 Å². The Hall–Kier alpha value is -1.99. The van der Waals surface area contributed by atoms with Gasteiger partial charge < -0.3 is 10.2 Å². The van der Waals surface area contributed by atoms with E-state index in [0.29, 0.717) is 0 Å².